The number of ether oxygens (including phenoxy) is 3. The number of sulfone groups is 1. The molecule has 2 aromatic heterocycles. The lowest BCUT2D eigenvalue weighted by atomic mass is 10.2. The summed E-state index contributed by atoms with van der Waals surface area (Å²) in [6, 6.07) is 10.7. The highest BCUT2D eigenvalue weighted by Gasteiger charge is 2.29. The molecule has 14 heteroatoms. The van der Waals surface area contributed by atoms with Gasteiger partial charge in [0.05, 0.1) is 47.0 Å². The molecular weight excluding hydrogens is 542 g/mol. The third-order valence-corrected chi connectivity index (χ3v) is 8.03. The van der Waals surface area contributed by atoms with Gasteiger partial charge in [-0.15, -0.1) is 0 Å². The standard InChI is InChI=1S/C26H25N5O8S/c1-15-13-38-18(14-37-15)12-29-21-6-5-19(10-22(21)31(33)34)40(35,36)23-4-2-3-20(25(27)32)24(23)39-17-9-16-7-8-28-26(16)30-11-17/h2-11,15,18,29H,12-14H2,1H3,(H2,27,32)(H,28,30)/t15-,18-/m0/s1. The summed E-state index contributed by atoms with van der Waals surface area (Å²) in [7, 11) is -4.43. The highest BCUT2D eigenvalue weighted by molar-refractivity contribution is 7.91. The molecule has 1 saturated heterocycles. The van der Waals surface area contributed by atoms with E-state index in [1.54, 1.807) is 18.3 Å². The second-order valence-electron chi connectivity index (χ2n) is 9.11. The van der Waals surface area contributed by atoms with Gasteiger partial charge in [-0.25, -0.2) is 13.4 Å². The van der Waals surface area contributed by atoms with E-state index in [-0.39, 0.29) is 46.4 Å². The first-order valence-corrected chi connectivity index (χ1v) is 13.7. The third-order valence-electron chi connectivity index (χ3n) is 6.26. The number of nitrogens with one attached hydrogen (secondary N) is 2. The van der Waals surface area contributed by atoms with Crippen LogP contribution in [0.25, 0.3) is 11.0 Å². The normalized spacial score (nSPS) is 17.4. The van der Waals surface area contributed by atoms with Crippen molar-refractivity contribution in [3.8, 4) is 11.5 Å². The number of benzene rings is 2. The maximum absolute atomic E-state index is 13.8. The van der Waals surface area contributed by atoms with Gasteiger partial charge in [-0.3, -0.25) is 14.9 Å². The molecule has 1 aliphatic rings. The van der Waals surface area contributed by atoms with Gasteiger partial charge >= 0.3 is 0 Å². The molecule has 0 saturated carbocycles. The molecule has 2 aromatic carbocycles. The number of H-pyrrole nitrogens is 1. The summed E-state index contributed by atoms with van der Waals surface area (Å²) >= 11 is 0. The number of nitrogens with zero attached hydrogens (tertiary/aromatic N) is 2. The van der Waals surface area contributed by atoms with Crippen molar-refractivity contribution < 1.29 is 32.3 Å². The summed E-state index contributed by atoms with van der Waals surface area (Å²) < 4.78 is 44.6. The average Bonchev–Trinajstić information content (AvgIpc) is 3.40. The fourth-order valence-electron chi connectivity index (χ4n) is 4.21. The molecule has 0 radical (unpaired) electrons. The minimum atomic E-state index is -4.43. The smallest absolute Gasteiger partial charge is 0.293 e. The first-order valence-electron chi connectivity index (χ1n) is 12.2. The Labute approximate surface area is 228 Å². The minimum absolute atomic E-state index is 0.0372. The van der Waals surface area contributed by atoms with Gasteiger partial charge < -0.3 is 30.2 Å². The van der Waals surface area contributed by atoms with Crippen molar-refractivity contribution in [2.75, 3.05) is 25.1 Å². The van der Waals surface area contributed by atoms with Crippen LogP contribution in [0.5, 0.6) is 11.5 Å². The fourth-order valence-corrected chi connectivity index (χ4v) is 5.63. The number of carbonyl (C=O) groups excluding carboxylic acids is 1. The van der Waals surface area contributed by atoms with E-state index in [0.29, 0.717) is 24.2 Å². The van der Waals surface area contributed by atoms with E-state index in [2.05, 4.69) is 15.3 Å². The Morgan fingerprint density at radius 1 is 1.23 bits per heavy atom. The van der Waals surface area contributed by atoms with E-state index in [4.69, 9.17) is 19.9 Å². The molecule has 0 spiro atoms. The Morgan fingerprint density at radius 3 is 2.77 bits per heavy atom. The molecule has 40 heavy (non-hydrogen) atoms. The Bertz CT molecular complexity index is 1700. The van der Waals surface area contributed by atoms with E-state index >= 15 is 0 Å². The number of hydrogen-bond donors (Lipinski definition) is 3. The number of nitro benzene ring substituents is 1. The van der Waals surface area contributed by atoms with Crippen molar-refractivity contribution in [3.05, 3.63) is 76.6 Å². The molecule has 1 aliphatic heterocycles. The second-order valence-corrected chi connectivity index (χ2v) is 11.0. The number of aromatic amines is 1. The van der Waals surface area contributed by atoms with Gasteiger partial charge in [-0.05, 0) is 43.3 Å². The molecule has 4 N–H and O–H groups in total. The van der Waals surface area contributed by atoms with Crippen LogP contribution in [0.1, 0.15) is 17.3 Å². The zero-order chi connectivity index (χ0) is 28.4. The molecule has 208 valence electrons. The van der Waals surface area contributed by atoms with Gasteiger partial charge in [0.25, 0.3) is 11.6 Å². The Morgan fingerprint density at radius 2 is 2.05 bits per heavy atom. The SMILES string of the molecule is C[C@H]1CO[C@@H](CNc2ccc(S(=O)(=O)c3cccc(C(N)=O)c3Oc3cnc4[nH]ccc4c3)cc2[N+](=O)[O-])CO1. The summed E-state index contributed by atoms with van der Waals surface area (Å²) in [5.41, 5.74) is 5.58. The number of amides is 1. The number of anilines is 1. The van der Waals surface area contributed by atoms with E-state index < -0.39 is 31.3 Å². The Kier molecular flexibility index (Phi) is 7.38. The van der Waals surface area contributed by atoms with Crippen LogP contribution >= 0.6 is 0 Å². The zero-order valence-electron chi connectivity index (χ0n) is 21.2. The largest absolute Gasteiger partial charge is 0.453 e. The number of nitrogens with two attached hydrogens (primary N) is 1. The van der Waals surface area contributed by atoms with Crippen LogP contribution in [0.3, 0.4) is 0 Å². The molecule has 4 aromatic rings. The van der Waals surface area contributed by atoms with Crippen LogP contribution in [-0.4, -0.2) is 61.2 Å². The van der Waals surface area contributed by atoms with E-state index in [1.807, 2.05) is 6.92 Å². The van der Waals surface area contributed by atoms with Crippen LogP contribution in [0, 0.1) is 10.1 Å². The van der Waals surface area contributed by atoms with Crippen LogP contribution in [0.15, 0.2) is 70.7 Å². The van der Waals surface area contributed by atoms with Gasteiger partial charge in [0.1, 0.15) is 22.0 Å². The number of carbonyl (C=O) groups is 1. The number of pyridine rings is 1. The van der Waals surface area contributed by atoms with Gasteiger partial charge in [0.15, 0.2) is 5.75 Å². The Balaban J connectivity index is 1.50. The molecule has 0 aliphatic carbocycles. The van der Waals surface area contributed by atoms with Crippen molar-refractivity contribution in [1.29, 1.82) is 0 Å². The molecule has 0 bridgehead atoms. The van der Waals surface area contributed by atoms with Crippen molar-refractivity contribution >= 4 is 38.2 Å². The number of fused-ring (bicyclic) bond motifs is 1. The lowest BCUT2D eigenvalue weighted by molar-refractivity contribution is -0.384. The maximum Gasteiger partial charge on any atom is 0.293 e. The number of nitro groups is 1. The topological polar surface area (TPSA) is 189 Å². The fraction of sp³-hybridized carbons (Fsp3) is 0.231. The predicted molar refractivity (Wildman–Crippen MR) is 143 cm³/mol. The number of primary amides is 1. The number of para-hydroxylation sites is 1. The van der Waals surface area contributed by atoms with Crippen molar-refractivity contribution in [2.24, 2.45) is 5.73 Å². The first kappa shape index (κ1) is 27.1. The summed E-state index contributed by atoms with van der Waals surface area (Å²) in [5.74, 6) is -1.08. The Hall–Kier alpha value is -4.53. The van der Waals surface area contributed by atoms with Gasteiger partial charge in [0, 0.05) is 24.2 Å². The highest BCUT2D eigenvalue weighted by Crippen LogP contribution is 2.38. The monoisotopic (exact) mass is 567 g/mol. The zero-order valence-corrected chi connectivity index (χ0v) is 22.0. The molecule has 3 heterocycles. The van der Waals surface area contributed by atoms with Crippen LogP contribution in [0.4, 0.5) is 11.4 Å². The third kappa shape index (κ3) is 5.45. The second kappa shape index (κ2) is 10.9. The minimum Gasteiger partial charge on any atom is -0.453 e. The van der Waals surface area contributed by atoms with Gasteiger partial charge in [-0.1, -0.05) is 6.07 Å². The summed E-state index contributed by atoms with van der Waals surface area (Å²) in [5, 5.41) is 15.5. The molecule has 1 fully saturated rings. The van der Waals surface area contributed by atoms with Crippen molar-refractivity contribution in [3.63, 3.8) is 0 Å². The summed E-state index contributed by atoms with van der Waals surface area (Å²) in [6.07, 6.45) is 2.68. The van der Waals surface area contributed by atoms with Crippen molar-refractivity contribution in [2.45, 2.75) is 28.9 Å². The maximum atomic E-state index is 13.8. The molecule has 0 unspecified atom stereocenters. The molecule has 1 amide bonds. The first-order chi connectivity index (χ1) is 19.1. The average molecular weight is 568 g/mol. The number of aromatic nitrogens is 2. The van der Waals surface area contributed by atoms with Crippen LogP contribution in [0.2, 0.25) is 0 Å². The molecular formula is C26H25N5O8S. The summed E-state index contributed by atoms with van der Waals surface area (Å²) in [6.45, 7) is 2.81. The van der Waals surface area contributed by atoms with Gasteiger partial charge in [0.2, 0.25) is 9.84 Å². The van der Waals surface area contributed by atoms with E-state index in [1.165, 1.54) is 36.5 Å². The van der Waals surface area contributed by atoms with E-state index in [9.17, 15) is 23.3 Å². The van der Waals surface area contributed by atoms with Crippen LogP contribution in [-0.2, 0) is 19.3 Å². The lowest BCUT2D eigenvalue weighted by Gasteiger charge is -2.27. The van der Waals surface area contributed by atoms with Crippen LogP contribution < -0.4 is 15.8 Å². The highest BCUT2D eigenvalue weighted by atomic mass is 32.2. The molecule has 5 rings (SSSR count). The quantitative estimate of drug-likeness (QED) is 0.200. The predicted octanol–water partition coefficient (Wildman–Crippen LogP) is 3.41. The molecule has 2 atom stereocenters. The van der Waals surface area contributed by atoms with Gasteiger partial charge in [-0.2, -0.15) is 0 Å². The van der Waals surface area contributed by atoms with E-state index in [0.717, 1.165) is 6.07 Å². The number of hydrogen-bond acceptors (Lipinski definition) is 10. The summed E-state index contributed by atoms with van der Waals surface area (Å²) in [4.78, 5) is 29.8. The molecule has 13 nitrogen and oxygen atoms in total. The van der Waals surface area contributed by atoms with Crippen molar-refractivity contribution in [1.82, 2.24) is 9.97 Å². The number of rotatable bonds is 9. The lowest BCUT2D eigenvalue weighted by Crippen LogP contribution is -2.38.